The molecule has 0 fully saturated rings. The lowest BCUT2D eigenvalue weighted by molar-refractivity contribution is 0.102. The Labute approximate surface area is 146 Å². The molecule has 1 N–H and O–H groups in total. The van der Waals surface area contributed by atoms with E-state index in [9.17, 15) is 4.79 Å². The molecule has 0 aliphatic heterocycles. The van der Waals surface area contributed by atoms with Gasteiger partial charge in [-0.2, -0.15) is 0 Å². The Kier molecular flexibility index (Phi) is 5.27. The maximum Gasteiger partial charge on any atom is 0.257 e. The minimum absolute atomic E-state index is 0.245. The summed E-state index contributed by atoms with van der Waals surface area (Å²) >= 11 is 8.94. The monoisotopic (exact) mass is 361 g/mol. The number of benzene rings is 2. The first-order valence-corrected chi connectivity index (χ1v) is 8.96. The molecule has 0 saturated carbocycles. The van der Waals surface area contributed by atoms with Crippen molar-refractivity contribution in [3.63, 3.8) is 0 Å². The second kappa shape index (κ2) is 7.59. The van der Waals surface area contributed by atoms with Crippen molar-refractivity contribution in [3.8, 4) is 0 Å². The van der Waals surface area contributed by atoms with E-state index < -0.39 is 0 Å². The van der Waals surface area contributed by atoms with Crippen molar-refractivity contribution in [2.75, 3.05) is 5.32 Å². The summed E-state index contributed by atoms with van der Waals surface area (Å²) in [6.07, 6.45) is 0. The average molecular weight is 362 g/mol. The normalized spacial score (nSPS) is 10.5. The number of carbonyl (C=O) groups excluding carboxylic acids is 1. The molecule has 7 heteroatoms. The predicted octanol–water partition coefficient (Wildman–Crippen LogP) is 4.74. The van der Waals surface area contributed by atoms with Gasteiger partial charge >= 0.3 is 0 Å². The summed E-state index contributed by atoms with van der Waals surface area (Å²) in [6.45, 7) is 0. The first-order chi connectivity index (χ1) is 11.2. The Balaban J connectivity index is 1.60. The molecule has 116 valence electrons. The number of aromatic nitrogens is 2. The Bertz CT molecular complexity index is 808. The van der Waals surface area contributed by atoms with Crippen molar-refractivity contribution in [1.82, 2.24) is 10.2 Å². The van der Waals surface area contributed by atoms with Crippen LogP contribution in [0.3, 0.4) is 0 Å². The van der Waals surface area contributed by atoms with Gasteiger partial charge in [0.15, 0.2) is 0 Å². The standard InChI is InChI=1S/C16H12ClN3OS2/c17-12-6-4-5-11(9-12)15(21)18-16-20-19-14(23-16)10-22-13-7-2-1-3-8-13/h1-9H,10H2,(H,18,20,21). The fourth-order valence-corrected chi connectivity index (χ4v) is 3.65. The molecule has 2 aromatic carbocycles. The van der Waals surface area contributed by atoms with Gasteiger partial charge in [-0.1, -0.05) is 47.2 Å². The summed E-state index contributed by atoms with van der Waals surface area (Å²) in [7, 11) is 0. The number of anilines is 1. The number of rotatable bonds is 5. The lowest BCUT2D eigenvalue weighted by Gasteiger charge is -2.01. The molecule has 0 radical (unpaired) electrons. The molecule has 0 bridgehead atoms. The van der Waals surface area contributed by atoms with E-state index in [0.29, 0.717) is 21.5 Å². The van der Waals surface area contributed by atoms with Crippen LogP contribution in [0.5, 0.6) is 0 Å². The molecule has 0 unspecified atom stereocenters. The molecule has 0 atom stereocenters. The molecule has 1 amide bonds. The molecule has 3 aromatic rings. The number of carbonyl (C=O) groups is 1. The Hall–Kier alpha value is -1.89. The fraction of sp³-hybridized carbons (Fsp3) is 0.0625. The van der Waals surface area contributed by atoms with Gasteiger partial charge in [-0.15, -0.1) is 22.0 Å². The Morgan fingerprint density at radius 1 is 1.13 bits per heavy atom. The Morgan fingerprint density at radius 3 is 2.74 bits per heavy atom. The topological polar surface area (TPSA) is 54.9 Å². The molecular formula is C16H12ClN3OS2. The molecule has 1 aromatic heterocycles. The van der Waals surface area contributed by atoms with Crippen LogP contribution in [0.15, 0.2) is 59.5 Å². The lowest BCUT2D eigenvalue weighted by Crippen LogP contribution is -2.11. The highest BCUT2D eigenvalue weighted by atomic mass is 35.5. The molecule has 23 heavy (non-hydrogen) atoms. The van der Waals surface area contributed by atoms with Gasteiger partial charge in [0.1, 0.15) is 5.01 Å². The van der Waals surface area contributed by atoms with Gasteiger partial charge in [0.2, 0.25) is 5.13 Å². The summed E-state index contributed by atoms with van der Waals surface area (Å²) < 4.78 is 0. The van der Waals surface area contributed by atoms with Gasteiger partial charge in [-0.25, -0.2) is 0 Å². The summed E-state index contributed by atoms with van der Waals surface area (Å²) in [4.78, 5) is 13.3. The van der Waals surface area contributed by atoms with Crippen LogP contribution < -0.4 is 5.32 Å². The molecule has 0 aliphatic rings. The quantitative estimate of drug-likeness (QED) is 0.667. The van der Waals surface area contributed by atoms with Crippen LogP contribution in [-0.2, 0) is 5.75 Å². The zero-order valence-electron chi connectivity index (χ0n) is 11.9. The highest BCUT2D eigenvalue weighted by Gasteiger charge is 2.10. The van der Waals surface area contributed by atoms with Crippen LogP contribution in [0, 0.1) is 0 Å². The zero-order chi connectivity index (χ0) is 16.1. The highest BCUT2D eigenvalue weighted by molar-refractivity contribution is 7.98. The van der Waals surface area contributed by atoms with Gasteiger partial charge in [0, 0.05) is 15.5 Å². The fourth-order valence-electron chi connectivity index (χ4n) is 1.82. The number of halogens is 1. The SMILES string of the molecule is O=C(Nc1nnc(CSc2ccccc2)s1)c1cccc(Cl)c1. The van der Waals surface area contributed by atoms with Gasteiger partial charge < -0.3 is 0 Å². The van der Waals surface area contributed by atoms with Gasteiger partial charge in [-0.05, 0) is 30.3 Å². The third-order valence-electron chi connectivity index (χ3n) is 2.88. The maximum absolute atomic E-state index is 12.1. The molecule has 0 aliphatic carbocycles. The number of hydrogen-bond donors (Lipinski definition) is 1. The van der Waals surface area contributed by atoms with Crippen LogP contribution >= 0.6 is 34.7 Å². The van der Waals surface area contributed by atoms with Gasteiger partial charge in [-0.3, -0.25) is 10.1 Å². The molecule has 1 heterocycles. The van der Waals surface area contributed by atoms with Crippen molar-refractivity contribution in [1.29, 1.82) is 0 Å². The van der Waals surface area contributed by atoms with Crippen LogP contribution in [0.2, 0.25) is 5.02 Å². The second-order valence-corrected chi connectivity index (χ2v) is 7.11. The van der Waals surface area contributed by atoms with Crippen LogP contribution in [0.1, 0.15) is 15.4 Å². The van der Waals surface area contributed by atoms with E-state index in [1.54, 1.807) is 36.0 Å². The van der Waals surface area contributed by atoms with E-state index in [1.165, 1.54) is 16.2 Å². The number of amides is 1. The van der Waals surface area contributed by atoms with Crippen molar-refractivity contribution >= 4 is 45.7 Å². The van der Waals surface area contributed by atoms with E-state index in [0.717, 1.165) is 5.01 Å². The zero-order valence-corrected chi connectivity index (χ0v) is 14.3. The van der Waals surface area contributed by atoms with Gasteiger partial charge in [0.05, 0.1) is 5.75 Å². The van der Waals surface area contributed by atoms with Crippen molar-refractivity contribution in [2.45, 2.75) is 10.6 Å². The third-order valence-corrected chi connectivity index (χ3v) is 5.16. The average Bonchev–Trinajstić information content (AvgIpc) is 3.01. The minimum atomic E-state index is -0.245. The summed E-state index contributed by atoms with van der Waals surface area (Å²) in [5, 5.41) is 12.7. The number of thioether (sulfide) groups is 1. The van der Waals surface area contributed by atoms with Gasteiger partial charge in [0.25, 0.3) is 5.91 Å². The Morgan fingerprint density at radius 2 is 1.96 bits per heavy atom. The molecule has 3 rings (SSSR count). The first kappa shape index (κ1) is 16.0. The van der Waals surface area contributed by atoms with E-state index in [-0.39, 0.29) is 5.91 Å². The summed E-state index contributed by atoms with van der Waals surface area (Å²) in [6, 6.07) is 16.9. The van der Waals surface area contributed by atoms with Crippen molar-refractivity contribution < 1.29 is 4.79 Å². The third kappa shape index (κ3) is 4.54. The number of nitrogens with one attached hydrogen (secondary N) is 1. The smallest absolute Gasteiger partial charge is 0.257 e. The lowest BCUT2D eigenvalue weighted by atomic mass is 10.2. The van der Waals surface area contributed by atoms with Crippen molar-refractivity contribution in [3.05, 3.63) is 70.2 Å². The van der Waals surface area contributed by atoms with Crippen LogP contribution in [0.25, 0.3) is 0 Å². The van der Waals surface area contributed by atoms with Crippen LogP contribution in [0.4, 0.5) is 5.13 Å². The molecule has 0 saturated heterocycles. The maximum atomic E-state index is 12.1. The van der Waals surface area contributed by atoms with Crippen molar-refractivity contribution in [2.24, 2.45) is 0 Å². The predicted molar refractivity (Wildman–Crippen MR) is 95.3 cm³/mol. The van der Waals surface area contributed by atoms with E-state index >= 15 is 0 Å². The largest absolute Gasteiger partial charge is 0.296 e. The molecular weight excluding hydrogens is 350 g/mol. The highest BCUT2D eigenvalue weighted by Crippen LogP contribution is 2.25. The first-order valence-electron chi connectivity index (χ1n) is 6.78. The van der Waals surface area contributed by atoms with E-state index in [4.69, 9.17) is 11.6 Å². The number of nitrogens with zero attached hydrogens (tertiary/aromatic N) is 2. The van der Waals surface area contributed by atoms with E-state index in [1.807, 2.05) is 30.3 Å². The minimum Gasteiger partial charge on any atom is -0.296 e. The number of hydrogen-bond acceptors (Lipinski definition) is 5. The molecule has 4 nitrogen and oxygen atoms in total. The summed E-state index contributed by atoms with van der Waals surface area (Å²) in [5.74, 6) is 0.472. The summed E-state index contributed by atoms with van der Waals surface area (Å²) in [5.41, 5.74) is 0.493. The second-order valence-electron chi connectivity index (χ2n) is 4.57. The molecule has 0 spiro atoms. The van der Waals surface area contributed by atoms with E-state index in [2.05, 4.69) is 15.5 Å². The van der Waals surface area contributed by atoms with Crippen LogP contribution in [-0.4, -0.2) is 16.1 Å².